The molecule has 2 aromatic carbocycles. The highest BCUT2D eigenvalue weighted by molar-refractivity contribution is 6.00. The Balaban J connectivity index is 0.781. The van der Waals surface area contributed by atoms with Gasteiger partial charge in [0.2, 0.25) is 11.8 Å². The van der Waals surface area contributed by atoms with Crippen molar-refractivity contribution >= 4 is 51.7 Å². The molecule has 6 aliphatic rings. The van der Waals surface area contributed by atoms with Crippen LogP contribution in [0.25, 0.3) is 10.9 Å². The van der Waals surface area contributed by atoms with Crippen LogP contribution in [0, 0.1) is 5.92 Å². The summed E-state index contributed by atoms with van der Waals surface area (Å²) in [7, 11) is 0. The van der Waals surface area contributed by atoms with Crippen molar-refractivity contribution in [2.45, 2.75) is 89.8 Å². The van der Waals surface area contributed by atoms with E-state index in [1.54, 1.807) is 28.8 Å². The minimum Gasteiger partial charge on any atom is -0.381 e. The van der Waals surface area contributed by atoms with Crippen LogP contribution in [0.5, 0.6) is 0 Å². The molecule has 334 valence electrons. The van der Waals surface area contributed by atoms with Gasteiger partial charge >= 0.3 is 0 Å². The van der Waals surface area contributed by atoms with Crippen LogP contribution >= 0.6 is 0 Å². The Morgan fingerprint density at radius 2 is 1.67 bits per heavy atom. The quantitative estimate of drug-likeness (QED) is 0.236. The maximum atomic E-state index is 15.0. The van der Waals surface area contributed by atoms with E-state index in [1.165, 1.54) is 6.07 Å². The first-order valence-corrected chi connectivity index (χ1v) is 22.8. The fourth-order valence-corrected chi connectivity index (χ4v) is 10.8. The van der Waals surface area contributed by atoms with Crippen molar-refractivity contribution in [3.8, 4) is 0 Å². The number of likely N-dealkylation sites (tertiary alicyclic amines) is 1. The number of benzene rings is 2. The monoisotopic (exact) mass is 866 g/mol. The largest absolute Gasteiger partial charge is 0.381 e. The van der Waals surface area contributed by atoms with Gasteiger partial charge < -0.3 is 24.3 Å². The third kappa shape index (κ3) is 8.06. The van der Waals surface area contributed by atoms with E-state index in [4.69, 9.17) is 9.84 Å². The number of rotatable bonds is 8. The number of imide groups is 1. The number of hydrogen-bond acceptors (Lipinski definition) is 10. The molecule has 0 bridgehead atoms. The number of amides is 4. The van der Waals surface area contributed by atoms with Crippen LogP contribution in [-0.2, 0) is 38.5 Å². The van der Waals surface area contributed by atoms with Crippen molar-refractivity contribution in [2.75, 3.05) is 81.9 Å². The second-order valence-corrected chi connectivity index (χ2v) is 18.2. The summed E-state index contributed by atoms with van der Waals surface area (Å²) in [6.07, 6.45) is 5.18. The van der Waals surface area contributed by atoms with Gasteiger partial charge in [-0.3, -0.25) is 38.8 Å². The lowest BCUT2D eigenvalue weighted by molar-refractivity contribution is -0.136. The van der Waals surface area contributed by atoms with Crippen molar-refractivity contribution in [1.29, 1.82) is 0 Å². The molecule has 4 aromatic rings. The summed E-state index contributed by atoms with van der Waals surface area (Å²) in [5.74, 6) is 0.256. The predicted molar refractivity (Wildman–Crippen MR) is 231 cm³/mol. The topological polar surface area (TPSA) is 141 Å². The lowest BCUT2D eigenvalue weighted by Crippen LogP contribution is -2.49. The number of carbonyl (C=O) groups excluding carboxylic acids is 4. The molecule has 0 radical (unpaired) electrons. The van der Waals surface area contributed by atoms with Crippen molar-refractivity contribution in [2.24, 2.45) is 5.92 Å². The zero-order valence-electron chi connectivity index (χ0n) is 35.9. The smallest absolute Gasteiger partial charge is 0.264 e. The Kier molecular flexibility index (Phi) is 11.4. The van der Waals surface area contributed by atoms with Gasteiger partial charge in [-0.25, -0.2) is 8.78 Å². The molecule has 10 rings (SSSR count). The molecule has 1 unspecified atom stereocenters. The Labute approximate surface area is 365 Å². The molecule has 2 aromatic heterocycles. The van der Waals surface area contributed by atoms with Crippen molar-refractivity contribution in [3.05, 3.63) is 64.5 Å². The minimum absolute atomic E-state index is 0.00206. The fraction of sp³-hybridized carbons (Fsp3) is 0.565. The maximum Gasteiger partial charge on any atom is 0.264 e. The molecule has 1 atom stereocenters. The number of carbonyl (C=O) groups is 4. The molecule has 6 aliphatic heterocycles. The van der Waals surface area contributed by atoms with E-state index >= 15 is 8.78 Å². The number of aryl methyl sites for hydroxylation is 1. The Hall–Kier alpha value is -5.42. The van der Waals surface area contributed by atoms with E-state index in [1.807, 2.05) is 11.0 Å². The Morgan fingerprint density at radius 1 is 0.873 bits per heavy atom. The number of ether oxygens (including phenoxy) is 1. The summed E-state index contributed by atoms with van der Waals surface area (Å²) in [6, 6.07) is 9.15. The van der Waals surface area contributed by atoms with Crippen LogP contribution in [0.3, 0.4) is 0 Å². The molecular weight excluding hydrogens is 811 g/mol. The molecule has 1 N–H and O–H groups in total. The van der Waals surface area contributed by atoms with E-state index in [0.29, 0.717) is 83.2 Å². The molecule has 4 amide bonds. The number of piperazine rings is 1. The summed E-state index contributed by atoms with van der Waals surface area (Å²) in [6.45, 7) is 10.1. The lowest BCUT2D eigenvalue weighted by Gasteiger charge is -2.40. The SMILES string of the molecule is CC(=O)N1CCc2c(c(N3CCCc4cc(C(=O)N5CCC(CN6CCN(c7ccc8c(cnn8C8CCC(=O)NC8=O)c7)CC6)CC5)c(C(F)F)cc43)nn2C2CCOCC2)C1. The van der Waals surface area contributed by atoms with Crippen LogP contribution in [0.1, 0.15) is 103 Å². The fourth-order valence-electron chi connectivity index (χ4n) is 10.8. The average molecular weight is 867 g/mol. The number of anilines is 3. The number of aromatic nitrogens is 4. The van der Waals surface area contributed by atoms with Crippen molar-refractivity contribution in [3.63, 3.8) is 0 Å². The number of nitrogens with one attached hydrogen (secondary N) is 1. The first-order chi connectivity index (χ1) is 30.6. The first-order valence-electron chi connectivity index (χ1n) is 22.8. The third-order valence-electron chi connectivity index (χ3n) is 14.4. The number of fused-ring (bicyclic) bond motifs is 3. The van der Waals surface area contributed by atoms with Crippen LogP contribution in [0.15, 0.2) is 36.5 Å². The molecule has 4 fully saturated rings. The summed E-state index contributed by atoms with van der Waals surface area (Å²) >= 11 is 0. The highest BCUT2D eigenvalue weighted by Gasteiger charge is 2.36. The highest BCUT2D eigenvalue weighted by Crippen LogP contribution is 2.42. The maximum absolute atomic E-state index is 15.0. The standard InChI is InChI=1S/C46H56F2N10O5/c1-29(59)55-16-10-39-37(28-55)44(51-57(39)33-11-21-63-22-12-33)56-13-2-3-31-24-36(35(43(47)48)25-41(31)56)46(62)54-14-8-30(9-15-54)27-52-17-19-53(20-18-52)34-4-5-38-32(23-34)26-49-58(38)40-6-7-42(60)50-45(40)61/h4-5,23-26,30,33,40,43H,2-3,6-22,27-28H2,1H3,(H,50,60,61). The molecule has 17 heteroatoms. The molecule has 15 nitrogen and oxygen atoms in total. The lowest BCUT2D eigenvalue weighted by atomic mass is 9.92. The van der Waals surface area contributed by atoms with Crippen LogP contribution in [0.2, 0.25) is 0 Å². The molecular formula is C46H56F2N10O5. The predicted octanol–water partition coefficient (Wildman–Crippen LogP) is 5.16. The van der Waals surface area contributed by atoms with Gasteiger partial charge in [-0.15, -0.1) is 0 Å². The van der Waals surface area contributed by atoms with E-state index in [-0.39, 0.29) is 40.8 Å². The number of halogens is 2. The van der Waals surface area contributed by atoms with Gasteiger partial charge in [0.05, 0.1) is 24.3 Å². The summed E-state index contributed by atoms with van der Waals surface area (Å²) < 4.78 is 39.6. The molecule has 0 aliphatic carbocycles. The van der Waals surface area contributed by atoms with E-state index in [2.05, 4.69) is 41.9 Å². The average Bonchev–Trinajstić information content (AvgIpc) is 3.90. The van der Waals surface area contributed by atoms with Crippen LogP contribution < -0.4 is 15.1 Å². The summed E-state index contributed by atoms with van der Waals surface area (Å²) in [5, 5.41) is 13.1. The van der Waals surface area contributed by atoms with Gasteiger partial charge in [-0.2, -0.15) is 10.2 Å². The number of piperidine rings is 2. The number of hydrogen-bond donors (Lipinski definition) is 1. The molecule has 0 spiro atoms. The zero-order valence-corrected chi connectivity index (χ0v) is 35.9. The molecule has 8 heterocycles. The molecule has 63 heavy (non-hydrogen) atoms. The van der Waals surface area contributed by atoms with Gasteiger partial charge in [-0.1, -0.05) is 0 Å². The van der Waals surface area contributed by atoms with Crippen molar-refractivity contribution < 1.29 is 32.7 Å². The Morgan fingerprint density at radius 3 is 2.41 bits per heavy atom. The van der Waals surface area contributed by atoms with Crippen LogP contribution in [0.4, 0.5) is 26.0 Å². The Bertz CT molecular complexity index is 2410. The van der Waals surface area contributed by atoms with E-state index in [9.17, 15) is 19.2 Å². The zero-order chi connectivity index (χ0) is 43.4. The van der Waals surface area contributed by atoms with E-state index in [0.717, 1.165) is 104 Å². The van der Waals surface area contributed by atoms with Gasteiger partial charge in [0.15, 0.2) is 5.82 Å². The first kappa shape index (κ1) is 41.6. The van der Waals surface area contributed by atoms with E-state index < -0.39 is 12.5 Å². The summed E-state index contributed by atoms with van der Waals surface area (Å²) in [5.41, 5.74) is 5.47. The van der Waals surface area contributed by atoms with Gasteiger partial charge in [0.25, 0.3) is 18.2 Å². The van der Waals surface area contributed by atoms with Gasteiger partial charge in [-0.05, 0) is 86.8 Å². The minimum atomic E-state index is -2.83. The van der Waals surface area contributed by atoms with Crippen molar-refractivity contribution in [1.82, 2.24) is 39.6 Å². The normalized spacial score (nSPS) is 21.9. The second-order valence-electron chi connectivity index (χ2n) is 18.2. The summed E-state index contributed by atoms with van der Waals surface area (Å²) in [4.78, 5) is 61.3. The van der Waals surface area contributed by atoms with Crippen LogP contribution in [-0.4, -0.2) is 130 Å². The second kappa shape index (κ2) is 17.3. The van der Waals surface area contributed by atoms with Gasteiger partial charge in [0.1, 0.15) is 6.04 Å². The highest BCUT2D eigenvalue weighted by atomic mass is 19.3. The van der Waals surface area contributed by atoms with Gasteiger partial charge in [0, 0.05) is 131 Å². The third-order valence-corrected chi connectivity index (χ3v) is 14.4. The molecule has 4 saturated heterocycles. The number of alkyl halides is 2. The molecule has 0 saturated carbocycles. The number of nitrogens with zero attached hydrogens (tertiary/aromatic N) is 9.